The highest BCUT2D eigenvalue weighted by Crippen LogP contribution is 2.20. The summed E-state index contributed by atoms with van der Waals surface area (Å²) in [6, 6.07) is 6.12. The highest BCUT2D eigenvalue weighted by molar-refractivity contribution is 5.92. The Morgan fingerprint density at radius 2 is 1.96 bits per heavy atom. The Balaban J connectivity index is 2.13. The molecule has 2 heterocycles. The van der Waals surface area contributed by atoms with Gasteiger partial charge >= 0.3 is 0 Å². The van der Waals surface area contributed by atoms with Crippen LogP contribution in [0.3, 0.4) is 0 Å². The molecule has 3 rings (SSSR count). The van der Waals surface area contributed by atoms with Crippen LogP contribution in [-0.4, -0.2) is 39.9 Å². The zero-order valence-corrected chi connectivity index (χ0v) is 14.3. The summed E-state index contributed by atoms with van der Waals surface area (Å²) in [6.07, 6.45) is 4.02. The minimum atomic E-state index is 0.0724. The van der Waals surface area contributed by atoms with Crippen molar-refractivity contribution < 1.29 is 0 Å². The van der Waals surface area contributed by atoms with Crippen molar-refractivity contribution in [3.8, 4) is 0 Å². The van der Waals surface area contributed by atoms with Gasteiger partial charge in [0.1, 0.15) is 5.52 Å². The minimum Gasteiger partial charge on any atom is -0.338 e. The summed E-state index contributed by atoms with van der Waals surface area (Å²) in [4.78, 5) is 15.0. The third-order valence-electron chi connectivity index (χ3n) is 4.35. The summed E-state index contributed by atoms with van der Waals surface area (Å²) in [5, 5.41) is 5.09. The molecule has 5 heteroatoms. The lowest BCUT2D eigenvalue weighted by molar-refractivity contribution is 0.389. The van der Waals surface area contributed by atoms with Crippen LogP contribution in [0.15, 0.2) is 29.2 Å². The highest BCUT2D eigenvalue weighted by Gasteiger charge is 2.14. The second-order valence-corrected chi connectivity index (χ2v) is 6.51. The van der Waals surface area contributed by atoms with E-state index in [0.717, 1.165) is 47.9 Å². The van der Waals surface area contributed by atoms with Crippen LogP contribution in [-0.2, 0) is 13.6 Å². The van der Waals surface area contributed by atoms with Gasteiger partial charge in [0.15, 0.2) is 0 Å². The fourth-order valence-electron chi connectivity index (χ4n) is 3.15. The van der Waals surface area contributed by atoms with E-state index in [1.54, 1.807) is 4.68 Å². The van der Waals surface area contributed by atoms with E-state index in [-0.39, 0.29) is 5.43 Å². The molecule has 0 fully saturated rings. The minimum absolute atomic E-state index is 0.0724. The number of aromatic nitrogens is 3. The molecule has 0 unspecified atom stereocenters. The van der Waals surface area contributed by atoms with Crippen molar-refractivity contribution >= 4 is 21.9 Å². The van der Waals surface area contributed by atoms with Crippen LogP contribution in [0.4, 0.5) is 0 Å². The number of fused-ring (bicyclic) bond motifs is 2. The molecule has 1 aromatic carbocycles. The van der Waals surface area contributed by atoms with Gasteiger partial charge in [0.05, 0.1) is 17.2 Å². The van der Waals surface area contributed by atoms with Gasteiger partial charge in [0.2, 0.25) is 5.43 Å². The van der Waals surface area contributed by atoms with Crippen LogP contribution in [0.1, 0.15) is 18.4 Å². The van der Waals surface area contributed by atoms with E-state index in [2.05, 4.69) is 40.8 Å². The molecule has 0 saturated heterocycles. The van der Waals surface area contributed by atoms with E-state index in [0.29, 0.717) is 5.52 Å². The van der Waals surface area contributed by atoms with Crippen molar-refractivity contribution in [3.05, 3.63) is 40.2 Å². The van der Waals surface area contributed by atoms with Gasteiger partial charge < -0.3 is 9.47 Å². The average molecular weight is 312 g/mol. The first-order chi connectivity index (χ1) is 11.0. The predicted molar refractivity (Wildman–Crippen MR) is 95.0 cm³/mol. The number of hydrogen-bond donors (Lipinski definition) is 0. The molecular formula is C18H24N4O. The molecule has 0 aliphatic carbocycles. The van der Waals surface area contributed by atoms with E-state index in [9.17, 15) is 4.79 Å². The zero-order valence-electron chi connectivity index (χ0n) is 14.3. The van der Waals surface area contributed by atoms with Crippen molar-refractivity contribution in [2.75, 3.05) is 20.6 Å². The predicted octanol–water partition coefficient (Wildman–Crippen LogP) is 2.54. The van der Waals surface area contributed by atoms with Gasteiger partial charge in [-0.25, -0.2) is 0 Å². The molecule has 0 radical (unpaired) electrons. The van der Waals surface area contributed by atoms with E-state index >= 15 is 0 Å². The van der Waals surface area contributed by atoms with Gasteiger partial charge in [-0.05, 0) is 52.5 Å². The van der Waals surface area contributed by atoms with Crippen LogP contribution < -0.4 is 5.43 Å². The van der Waals surface area contributed by atoms with Crippen LogP contribution >= 0.6 is 0 Å². The molecule has 23 heavy (non-hydrogen) atoms. The van der Waals surface area contributed by atoms with Crippen molar-refractivity contribution in [1.82, 2.24) is 19.2 Å². The smallest absolute Gasteiger partial charge is 0.215 e. The van der Waals surface area contributed by atoms with Crippen molar-refractivity contribution in [2.24, 2.45) is 7.05 Å². The molecule has 0 bridgehead atoms. The topological polar surface area (TPSA) is 43.1 Å². The first-order valence-electron chi connectivity index (χ1n) is 8.08. The average Bonchev–Trinajstić information content (AvgIpc) is 2.88. The maximum absolute atomic E-state index is 12.8. The fourth-order valence-corrected chi connectivity index (χ4v) is 3.15. The largest absolute Gasteiger partial charge is 0.338 e. The zero-order chi connectivity index (χ0) is 16.6. The number of aryl methyl sites for hydroxylation is 3. The summed E-state index contributed by atoms with van der Waals surface area (Å²) < 4.78 is 3.93. The number of hydrogen-bond acceptors (Lipinski definition) is 3. The van der Waals surface area contributed by atoms with Gasteiger partial charge in [-0.1, -0.05) is 11.6 Å². The maximum Gasteiger partial charge on any atom is 0.215 e. The molecule has 0 spiro atoms. The third-order valence-corrected chi connectivity index (χ3v) is 4.35. The monoisotopic (exact) mass is 312 g/mol. The quantitative estimate of drug-likeness (QED) is 0.680. The third kappa shape index (κ3) is 2.88. The lowest BCUT2D eigenvalue weighted by Crippen LogP contribution is -2.15. The molecular weight excluding hydrogens is 288 g/mol. The summed E-state index contributed by atoms with van der Waals surface area (Å²) in [6.45, 7) is 4.00. The molecule has 0 N–H and O–H groups in total. The molecule has 0 amide bonds. The standard InChI is InChI=1S/C18H24N4O/c1-13-7-8-15-14(11-13)18(23)17-16(12-19-21(17)4)22(15)10-6-5-9-20(2)3/h7-8,11-12H,5-6,9-10H2,1-4H3. The van der Waals surface area contributed by atoms with Crippen LogP contribution in [0.25, 0.3) is 21.9 Å². The molecule has 0 saturated carbocycles. The second-order valence-electron chi connectivity index (χ2n) is 6.51. The summed E-state index contributed by atoms with van der Waals surface area (Å²) >= 11 is 0. The van der Waals surface area contributed by atoms with Gasteiger partial charge in [-0.15, -0.1) is 0 Å². The molecule has 0 atom stereocenters. The first kappa shape index (κ1) is 15.7. The Labute approximate surface area is 136 Å². The van der Waals surface area contributed by atoms with Gasteiger partial charge in [0, 0.05) is 19.0 Å². The summed E-state index contributed by atoms with van der Waals surface area (Å²) in [5.74, 6) is 0. The Morgan fingerprint density at radius 1 is 1.17 bits per heavy atom. The number of nitrogens with zero attached hydrogens (tertiary/aromatic N) is 4. The molecule has 3 aromatic rings. The van der Waals surface area contributed by atoms with Crippen LogP contribution in [0.2, 0.25) is 0 Å². The van der Waals surface area contributed by atoms with E-state index in [4.69, 9.17) is 0 Å². The number of rotatable bonds is 5. The Bertz CT molecular complexity index is 905. The maximum atomic E-state index is 12.8. The molecule has 0 aliphatic heterocycles. The summed E-state index contributed by atoms with van der Waals surface area (Å²) in [5.41, 5.74) is 3.80. The normalized spacial score (nSPS) is 11.9. The molecule has 122 valence electrons. The van der Waals surface area contributed by atoms with Gasteiger partial charge in [0.25, 0.3) is 0 Å². The molecule has 5 nitrogen and oxygen atoms in total. The Hall–Kier alpha value is -2.14. The van der Waals surface area contributed by atoms with Gasteiger partial charge in [-0.2, -0.15) is 5.10 Å². The van der Waals surface area contributed by atoms with E-state index in [1.807, 2.05) is 26.2 Å². The van der Waals surface area contributed by atoms with Crippen molar-refractivity contribution in [3.63, 3.8) is 0 Å². The number of unbranched alkanes of at least 4 members (excludes halogenated alkanes) is 1. The molecule has 0 aliphatic rings. The lowest BCUT2D eigenvalue weighted by Gasteiger charge is -2.14. The van der Waals surface area contributed by atoms with E-state index < -0.39 is 0 Å². The Kier molecular flexibility index (Phi) is 4.22. The lowest BCUT2D eigenvalue weighted by atomic mass is 10.1. The number of pyridine rings is 1. The highest BCUT2D eigenvalue weighted by atomic mass is 16.1. The second kappa shape index (κ2) is 6.16. The fraction of sp³-hybridized carbons (Fsp3) is 0.444. The SMILES string of the molecule is Cc1ccc2c(c1)c(=O)c1c(cnn1C)n2CCCCN(C)C. The first-order valence-corrected chi connectivity index (χ1v) is 8.08. The van der Waals surface area contributed by atoms with E-state index in [1.165, 1.54) is 0 Å². The van der Waals surface area contributed by atoms with Crippen LogP contribution in [0.5, 0.6) is 0 Å². The molecule has 2 aromatic heterocycles. The van der Waals surface area contributed by atoms with Crippen LogP contribution in [0, 0.1) is 6.92 Å². The summed E-state index contributed by atoms with van der Waals surface area (Å²) in [7, 11) is 6.02. The van der Waals surface area contributed by atoms with Crippen molar-refractivity contribution in [2.45, 2.75) is 26.3 Å². The Morgan fingerprint density at radius 3 is 2.70 bits per heavy atom. The number of benzene rings is 1. The van der Waals surface area contributed by atoms with Crippen molar-refractivity contribution in [1.29, 1.82) is 0 Å². The van der Waals surface area contributed by atoms with Gasteiger partial charge in [-0.3, -0.25) is 9.48 Å².